The summed E-state index contributed by atoms with van der Waals surface area (Å²) in [6.07, 6.45) is -0.942. The third kappa shape index (κ3) is 13.4. The van der Waals surface area contributed by atoms with E-state index >= 15 is 0 Å². The minimum Gasteiger partial charge on any atom is -0.490 e. The highest BCUT2D eigenvalue weighted by Crippen LogP contribution is 2.25. The number of ether oxygens (including phenoxy) is 4. The number of rotatable bonds is 10. The highest BCUT2D eigenvalue weighted by atomic mass is 32.1. The largest absolute Gasteiger partial charge is 0.490 e. The minimum absolute atomic E-state index is 0.00784. The maximum atomic E-state index is 13.4. The van der Waals surface area contributed by atoms with E-state index in [4.69, 9.17) is 29.2 Å². The molecule has 0 unspecified atom stereocenters. The number of likely N-dealkylation sites (tertiary alicyclic amines) is 1. The molecule has 1 saturated heterocycles. The van der Waals surface area contributed by atoms with Gasteiger partial charge in [-0.1, -0.05) is 5.16 Å². The number of amides is 3. The van der Waals surface area contributed by atoms with Crippen molar-refractivity contribution in [1.29, 1.82) is 5.41 Å². The third-order valence-electron chi connectivity index (χ3n) is 6.60. The number of thiazole rings is 1. The van der Waals surface area contributed by atoms with Crippen LogP contribution in [0.5, 0.6) is 5.75 Å². The van der Waals surface area contributed by atoms with Crippen LogP contribution < -0.4 is 10.1 Å². The summed E-state index contributed by atoms with van der Waals surface area (Å²) in [5.74, 6) is -1.00. The summed E-state index contributed by atoms with van der Waals surface area (Å²) in [4.78, 5) is 61.9. The van der Waals surface area contributed by atoms with Crippen molar-refractivity contribution in [2.75, 3.05) is 31.6 Å². The number of nitrogens with one attached hydrogen (secondary N) is 2. The molecule has 0 aliphatic carbocycles. The molecular weight excluding hydrogens is 684 g/mol. The van der Waals surface area contributed by atoms with E-state index < -0.39 is 46.8 Å². The molecular formula is C34H48N6O10S. The first-order valence-electron chi connectivity index (χ1n) is 16.3. The first kappa shape index (κ1) is 40.5. The molecule has 3 N–H and O–H groups in total. The van der Waals surface area contributed by atoms with E-state index in [1.807, 2.05) is 0 Å². The second-order valence-corrected chi connectivity index (χ2v) is 15.4. The first-order chi connectivity index (χ1) is 23.6. The van der Waals surface area contributed by atoms with Crippen molar-refractivity contribution < 1.29 is 48.1 Å². The number of amidine groups is 1. The number of hydrogen-bond donors (Lipinski definition) is 3. The van der Waals surface area contributed by atoms with Gasteiger partial charge >= 0.3 is 24.2 Å². The Morgan fingerprint density at radius 2 is 1.53 bits per heavy atom. The fraction of sp³-hybridized carbons (Fsp3) is 0.559. The van der Waals surface area contributed by atoms with Crippen molar-refractivity contribution in [3.63, 3.8) is 0 Å². The Labute approximate surface area is 301 Å². The molecule has 1 aliphatic heterocycles. The Balaban J connectivity index is 1.59. The number of carboxylic acids is 1. The molecule has 0 atom stereocenters. The summed E-state index contributed by atoms with van der Waals surface area (Å²) < 4.78 is 22.0. The molecule has 1 fully saturated rings. The Bertz CT molecular complexity index is 1580. The van der Waals surface area contributed by atoms with Gasteiger partial charge in [0.15, 0.2) is 11.7 Å². The summed E-state index contributed by atoms with van der Waals surface area (Å²) in [7, 11) is 0. The molecule has 16 nitrogen and oxygen atoms in total. The van der Waals surface area contributed by atoms with E-state index in [1.165, 1.54) is 10.3 Å². The zero-order chi connectivity index (χ0) is 38.1. The fourth-order valence-corrected chi connectivity index (χ4v) is 5.23. The number of oxime groups is 1. The van der Waals surface area contributed by atoms with Crippen LogP contribution in [-0.2, 0) is 23.8 Å². The number of carboxylic acid groups (broad SMARTS) is 1. The topological polar surface area (TPSA) is 202 Å². The SMILES string of the molecule is CC(C)(C)OC(=O)Nc1nc(C(=NOCCOc2ccc(C(=N)N(C(=O)OC(C)(C)C)C3CCN(C(=O)OC(C)(C)C)CC3)cc2)C(=O)O)cs1. The van der Waals surface area contributed by atoms with E-state index in [-0.39, 0.29) is 35.9 Å². The Morgan fingerprint density at radius 3 is 2.08 bits per heavy atom. The molecule has 1 aliphatic rings. The zero-order valence-electron chi connectivity index (χ0n) is 30.5. The highest BCUT2D eigenvalue weighted by molar-refractivity contribution is 7.14. The molecule has 2 heterocycles. The predicted octanol–water partition coefficient (Wildman–Crippen LogP) is 6.34. The quantitative estimate of drug-likeness (QED) is 0.0809. The molecule has 1 aromatic heterocycles. The smallest absolute Gasteiger partial charge is 0.416 e. The molecule has 1 aromatic carbocycles. The fourth-order valence-electron chi connectivity index (χ4n) is 4.55. The Kier molecular flexibility index (Phi) is 13.4. The van der Waals surface area contributed by atoms with Gasteiger partial charge in [0.1, 0.15) is 40.7 Å². The van der Waals surface area contributed by atoms with Gasteiger partial charge in [0, 0.05) is 30.1 Å². The number of nitrogens with zero attached hydrogens (tertiary/aromatic N) is 4. The van der Waals surface area contributed by atoms with E-state index in [1.54, 1.807) is 91.5 Å². The van der Waals surface area contributed by atoms with Crippen LogP contribution in [0.2, 0.25) is 0 Å². The summed E-state index contributed by atoms with van der Waals surface area (Å²) in [6, 6.07) is 6.15. The standard InChI is InChI=1S/C34H48N6O10S/c1-32(2,3)48-29(43)37-28-36-24(20-51-28)25(27(41)42)38-47-19-18-46-23-12-10-21(11-13-23)26(35)40(31(45)50-34(7,8)9)22-14-16-39(17-15-22)30(44)49-33(4,5)6/h10-13,20,22,35H,14-19H2,1-9H3,(H,41,42)(H,36,37,43). The monoisotopic (exact) mass is 732 g/mol. The number of carbonyl (C=O) groups is 4. The van der Waals surface area contributed by atoms with Crippen LogP contribution in [0, 0.1) is 5.41 Å². The van der Waals surface area contributed by atoms with E-state index in [9.17, 15) is 24.3 Å². The molecule has 0 saturated carbocycles. The lowest BCUT2D eigenvalue weighted by Gasteiger charge is -2.39. The number of anilines is 1. The van der Waals surface area contributed by atoms with Crippen LogP contribution in [-0.4, -0.2) is 105 Å². The molecule has 280 valence electrons. The molecule has 3 rings (SSSR count). The number of hydrogen-bond acceptors (Lipinski definition) is 13. The summed E-state index contributed by atoms with van der Waals surface area (Å²) in [6.45, 7) is 16.4. The zero-order valence-corrected chi connectivity index (χ0v) is 31.3. The maximum Gasteiger partial charge on any atom is 0.416 e. The number of carbonyl (C=O) groups excluding carboxylic acids is 3. The van der Waals surface area contributed by atoms with Gasteiger partial charge in [-0.2, -0.15) is 0 Å². The van der Waals surface area contributed by atoms with Crippen molar-refractivity contribution in [2.45, 2.75) is 98.0 Å². The lowest BCUT2D eigenvalue weighted by Crippen LogP contribution is -2.52. The number of aromatic nitrogens is 1. The Morgan fingerprint density at radius 1 is 0.941 bits per heavy atom. The van der Waals surface area contributed by atoms with Crippen LogP contribution in [0.3, 0.4) is 0 Å². The first-order valence-corrected chi connectivity index (χ1v) is 17.2. The minimum atomic E-state index is -1.38. The van der Waals surface area contributed by atoms with Crippen LogP contribution in [0.4, 0.5) is 19.5 Å². The van der Waals surface area contributed by atoms with E-state index in [2.05, 4.69) is 15.5 Å². The second-order valence-electron chi connectivity index (χ2n) is 14.5. The molecule has 51 heavy (non-hydrogen) atoms. The Hall–Kier alpha value is -4.93. The summed E-state index contributed by atoms with van der Waals surface area (Å²) >= 11 is 1.000. The van der Waals surface area contributed by atoms with Crippen LogP contribution in [0.1, 0.15) is 86.4 Å². The van der Waals surface area contributed by atoms with Crippen LogP contribution in [0.25, 0.3) is 0 Å². The van der Waals surface area contributed by atoms with Gasteiger partial charge in [-0.15, -0.1) is 11.3 Å². The average Bonchev–Trinajstić information content (AvgIpc) is 3.44. The van der Waals surface area contributed by atoms with Gasteiger partial charge in [-0.25, -0.2) is 24.2 Å². The van der Waals surface area contributed by atoms with Crippen LogP contribution in [0.15, 0.2) is 34.8 Å². The number of benzene rings is 1. The molecule has 17 heteroatoms. The van der Waals surface area contributed by atoms with Crippen molar-refractivity contribution >= 4 is 52.3 Å². The average molecular weight is 733 g/mol. The normalized spacial score (nSPS) is 14.3. The third-order valence-corrected chi connectivity index (χ3v) is 7.35. The molecule has 0 bridgehead atoms. The number of aliphatic carboxylic acids is 1. The summed E-state index contributed by atoms with van der Waals surface area (Å²) in [5, 5.41) is 26.2. The van der Waals surface area contributed by atoms with Gasteiger partial charge in [0.25, 0.3) is 0 Å². The van der Waals surface area contributed by atoms with Crippen molar-refractivity contribution in [3.8, 4) is 5.75 Å². The van der Waals surface area contributed by atoms with Gasteiger partial charge in [-0.3, -0.25) is 15.6 Å². The maximum absolute atomic E-state index is 13.4. The van der Waals surface area contributed by atoms with E-state index in [0.29, 0.717) is 37.2 Å². The van der Waals surface area contributed by atoms with Gasteiger partial charge in [0.05, 0.1) is 0 Å². The lowest BCUT2D eigenvalue weighted by atomic mass is 10.0. The van der Waals surface area contributed by atoms with Gasteiger partial charge in [0.2, 0.25) is 5.71 Å². The molecule has 0 radical (unpaired) electrons. The molecule has 3 amide bonds. The second kappa shape index (κ2) is 16.9. The van der Waals surface area contributed by atoms with Gasteiger partial charge in [-0.05, 0) is 99.4 Å². The predicted molar refractivity (Wildman–Crippen MR) is 190 cm³/mol. The highest BCUT2D eigenvalue weighted by Gasteiger charge is 2.36. The van der Waals surface area contributed by atoms with Gasteiger partial charge < -0.3 is 33.8 Å². The number of piperidine rings is 1. The molecule has 0 spiro atoms. The summed E-state index contributed by atoms with van der Waals surface area (Å²) in [5.41, 5.74) is -2.16. The van der Waals surface area contributed by atoms with Crippen molar-refractivity contribution in [3.05, 3.63) is 40.9 Å². The van der Waals surface area contributed by atoms with E-state index in [0.717, 1.165) is 11.3 Å². The van der Waals surface area contributed by atoms with Crippen molar-refractivity contribution in [2.24, 2.45) is 5.16 Å². The van der Waals surface area contributed by atoms with Crippen molar-refractivity contribution in [1.82, 2.24) is 14.8 Å². The van der Waals surface area contributed by atoms with Crippen LogP contribution >= 0.6 is 11.3 Å². The molecule has 2 aromatic rings. The lowest BCUT2D eigenvalue weighted by molar-refractivity contribution is -0.129.